The summed E-state index contributed by atoms with van der Waals surface area (Å²) in [6.07, 6.45) is 0. The van der Waals surface area contributed by atoms with Gasteiger partial charge in [-0.05, 0) is 116 Å². The topological polar surface area (TPSA) is 0 Å². The summed E-state index contributed by atoms with van der Waals surface area (Å²) in [6, 6.07) is 78.2. The lowest BCUT2D eigenvalue weighted by Crippen LogP contribution is -2.10. The molecule has 0 aliphatic rings. The average Bonchev–Trinajstić information content (AvgIpc) is 3.28. The van der Waals surface area contributed by atoms with Crippen molar-refractivity contribution >= 4 is 43.5 Å². The Hall–Kier alpha value is -7.02. The third kappa shape index (κ3) is 6.38. The summed E-state index contributed by atoms with van der Waals surface area (Å²) in [5.74, 6) is 0. The van der Waals surface area contributed by atoms with Crippen molar-refractivity contribution in [3.05, 3.63) is 240 Å². The molecule has 58 heavy (non-hydrogen) atoms. The van der Waals surface area contributed by atoms with Crippen LogP contribution in [0.2, 0.25) is 0 Å². The highest BCUT2D eigenvalue weighted by Gasteiger charge is 2.21. The maximum absolute atomic E-state index is 2.43. The fraction of sp³-hybridized carbons (Fsp3) is 0.0690. The number of hydrogen-bond acceptors (Lipinski definition) is 0. The molecule has 0 bridgehead atoms. The quantitative estimate of drug-likeness (QED) is 0.113. The molecule has 0 spiro atoms. The summed E-state index contributed by atoms with van der Waals surface area (Å²) in [5, 5.41) is 7.83. The van der Waals surface area contributed by atoms with E-state index in [9.17, 15) is 0 Å². The van der Waals surface area contributed by atoms with Gasteiger partial charge in [0.25, 0.3) is 0 Å². The van der Waals surface area contributed by atoms with Crippen molar-refractivity contribution in [3.8, 4) is 33.4 Å². The Bertz CT molecular complexity index is 3000. The zero-order chi connectivity index (χ0) is 39.2. The van der Waals surface area contributed by atoms with Crippen LogP contribution in [0.15, 0.2) is 212 Å². The SMILES string of the molecule is CC(C)(C)c1cc2ccc3c(-c4ccc(C(=C(c5ccccc5)c5ccccc5)c5ccccc5)cc4)cc(-c4ccc(-c5ccccc5)cc4)c4ccc(c1)c2c34. The first-order valence-corrected chi connectivity index (χ1v) is 20.3. The van der Waals surface area contributed by atoms with Crippen LogP contribution in [0.4, 0.5) is 0 Å². The zero-order valence-corrected chi connectivity index (χ0v) is 33.2. The van der Waals surface area contributed by atoms with Crippen molar-refractivity contribution < 1.29 is 0 Å². The molecule has 276 valence electrons. The molecule has 10 aromatic carbocycles. The van der Waals surface area contributed by atoms with Crippen LogP contribution in [0.3, 0.4) is 0 Å². The van der Waals surface area contributed by atoms with Gasteiger partial charge in [-0.25, -0.2) is 0 Å². The summed E-state index contributed by atoms with van der Waals surface area (Å²) in [6.45, 7) is 6.92. The van der Waals surface area contributed by atoms with Crippen LogP contribution >= 0.6 is 0 Å². The summed E-state index contributed by atoms with van der Waals surface area (Å²) < 4.78 is 0. The fourth-order valence-corrected chi connectivity index (χ4v) is 8.84. The molecule has 10 rings (SSSR count). The van der Waals surface area contributed by atoms with Gasteiger partial charge in [-0.1, -0.05) is 227 Å². The number of hydrogen-bond donors (Lipinski definition) is 0. The van der Waals surface area contributed by atoms with Gasteiger partial charge in [0.1, 0.15) is 0 Å². The molecule has 0 fully saturated rings. The van der Waals surface area contributed by atoms with Crippen molar-refractivity contribution in [3.63, 3.8) is 0 Å². The van der Waals surface area contributed by atoms with E-state index < -0.39 is 0 Å². The lowest BCUT2D eigenvalue weighted by atomic mass is 9.81. The van der Waals surface area contributed by atoms with E-state index in [1.165, 1.54) is 105 Å². The first kappa shape index (κ1) is 35.4. The highest BCUT2D eigenvalue weighted by atomic mass is 14.2. The van der Waals surface area contributed by atoms with E-state index in [0.29, 0.717) is 0 Å². The van der Waals surface area contributed by atoms with Crippen molar-refractivity contribution in [2.75, 3.05) is 0 Å². The smallest absolute Gasteiger partial charge is 0.00143 e. The summed E-state index contributed by atoms with van der Waals surface area (Å²) in [5.41, 5.74) is 16.0. The van der Waals surface area contributed by atoms with Gasteiger partial charge >= 0.3 is 0 Å². The van der Waals surface area contributed by atoms with Crippen LogP contribution in [0.1, 0.15) is 48.6 Å². The Kier molecular flexibility index (Phi) is 8.84. The van der Waals surface area contributed by atoms with E-state index in [1.54, 1.807) is 0 Å². The van der Waals surface area contributed by atoms with Crippen LogP contribution in [0.25, 0.3) is 76.8 Å². The van der Waals surface area contributed by atoms with E-state index in [1.807, 2.05) is 0 Å². The third-order valence-corrected chi connectivity index (χ3v) is 11.8. The third-order valence-electron chi connectivity index (χ3n) is 11.8. The van der Waals surface area contributed by atoms with Gasteiger partial charge < -0.3 is 0 Å². The summed E-state index contributed by atoms with van der Waals surface area (Å²) in [7, 11) is 0. The number of rotatable bonds is 7. The van der Waals surface area contributed by atoms with E-state index in [2.05, 4.69) is 233 Å². The van der Waals surface area contributed by atoms with Crippen LogP contribution in [0.5, 0.6) is 0 Å². The zero-order valence-electron chi connectivity index (χ0n) is 33.2. The minimum atomic E-state index is 0.0525. The molecular formula is C58H44. The molecule has 0 nitrogen and oxygen atoms in total. The minimum absolute atomic E-state index is 0.0525. The Balaban J connectivity index is 1.20. The molecular weight excluding hydrogens is 697 g/mol. The molecule has 0 aliphatic carbocycles. The first-order chi connectivity index (χ1) is 28.4. The second kappa shape index (κ2) is 14.5. The Morgan fingerprint density at radius 1 is 0.310 bits per heavy atom. The Labute approximate surface area is 341 Å². The molecule has 0 heterocycles. The van der Waals surface area contributed by atoms with Crippen LogP contribution in [-0.4, -0.2) is 0 Å². The van der Waals surface area contributed by atoms with Crippen molar-refractivity contribution in [1.82, 2.24) is 0 Å². The molecule has 0 N–H and O–H groups in total. The van der Waals surface area contributed by atoms with Crippen molar-refractivity contribution in [2.45, 2.75) is 26.2 Å². The molecule has 0 saturated heterocycles. The van der Waals surface area contributed by atoms with Crippen LogP contribution in [-0.2, 0) is 5.41 Å². The van der Waals surface area contributed by atoms with E-state index in [0.717, 1.165) is 0 Å². The van der Waals surface area contributed by atoms with E-state index >= 15 is 0 Å². The van der Waals surface area contributed by atoms with Gasteiger partial charge in [0, 0.05) is 0 Å². The highest BCUT2D eigenvalue weighted by Crippen LogP contribution is 2.46. The van der Waals surface area contributed by atoms with Crippen molar-refractivity contribution in [1.29, 1.82) is 0 Å². The normalized spacial score (nSPS) is 11.7. The van der Waals surface area contributed by atoms with Crippen LogP contribution < -0.4 is 0 Å². The Morgan fingerprint density at radius 2 is 0.672 bits per heavy atom. The molecule has 0 heteroatoms. The fourth-order valence-electron chi connectivity index (χ4n) is 8.84. The standard InChI is InChI=1S/C58H44/c1-58(2,3)49-36-47-32-34-50-52(41-26-24-40(25-27-41)39-16-8-4-9-17-39)38-53(51-35-33-48(37-49)56(47)57(50)51)42-28-30-46(31-29-42)55(45-22-14-7-15-23-45)54(43-18-10-5-11-19-43)44-20-12-6-13-21-44/h4-38H,1-3H3. The van der Waals surface area contributed by atoms with Gasteiger partial charge in [-0.3, -0.25) is 0 Å². The highest BCUT2D eigenvalue weighted by molar-refractivity contribution is 6.28. The molecule has 0 radical (unpaired) electrons. The lowest BCUT2D eigenvalue weighted by Gasteiger charge is -2.23. The first-order valence-electron chi connectivity index (χ1n) is 20.3. The van der Waals surface area contributed by atoms with Gasteiger partial charge in [0.15, 0.2) is 0 Å². The predicted molar refractivity (Wildman–Crippen MR) is 249 cm³/mol. The predicted octanol–water partition coefficient (Wildman–Crippen LogP) is 15.9. The molecule has 0 atom stereocenters. The van der Waals surface area contributed by atoms with E-state index in [-0.39, 0.29) is 5.41 Å². The maximum atomic E-state index is 2.43. The average molecular weight is 741 g/mol. The molecule has 10 aromatic rings. The summed E-state index contributed by atoms with van der Waals surface area (Å²) in [4.78, 5) is 0. The molecule has 0 amide bonds. The van der Waals surface area contributed by atoms with Gasteiger partial charge in [-0.15, -0.1) is 0 Å². The van der Waals surface area contributed by atoms with Gasteiger partial charge in [0.05, 0.1) is 0 Å². The maximum Gasteiger partial charge on any atom is -0.00143 e. The molecule has 0 aliphatic heterocycles. The Morgan fingerprint density at radius 3 is 1.10 bits per heavy atom. The van der Waals surface area contributed by atoms with Gasteiger partial charge in [0.2, 0.25) is 0 Å². The molecule has 0 saturated carbocycles. The second-order valence-electron chi connectivity index (χ2n) is 16.5. The number of benzene rings is 10. The second-order valence-corrected chi connectivity index (χ2v) is 16.5. The minimum Gasteiger partial charge on any atom is -0.0622 e. The van der Waals surface area contributed by atoms with Crippen molar-refractivity contribution in [2.24, 2.45) is 0 Å². The monoisotopic (exact) mass is 740 g/mol. The molecule has 0 aromatic heterocycles. The molecule has 0 unspecified atom stereocenters. The largest absolute Gasteiger partial charge is 0.0622 e. The van der Waals surface area contributed by atoms with Crippen LogP contribution in [0, 0.1) is 0 Å². The van der Waals surface area contributed by atoms with Gasteiger partial charge in [-0.2, -0.15) is 0 Å². The van der Waals surface area contributed by atoms with E-state index in [4.69, 9.17) is 0 Å². The summed E-state index contributed by atoms with van der Waals surface area (Å²) >= 11 is 0. The lowest BCUT2D eigenvalue weighted by molar-refractivity contribution is 0.591.